The summed E-state index contributed by atoms with van der Waals surface area (Å²) in [7, 11) is 0. The molecule has 5 heteroatoms. The number of hydrogen-bond acceptors (Lipinski definition) is 4. The third-order valence-corrected chi connectivity index (χ3v) is 4.65. The number of carbonyl (C=O) groups is 1. The number of pyridine rings is 1. The predicted molar refractivity (Wildman–Crippen MR) is 81.4 cm³/mol. The second kappa shape index (κ2) is 5.64. The molecule has 1 aromatic heterocycles. The Hall–Kier alpha value is -1.62. The molecule has 114 valence electrons. The second-order valence-electron chi connectivity index (χ2n) is 6.40. The molecule has 2 heterocycles. The third-order valence-electron chi connectivity index (χ3n) is 4.65. The molecule has 0 bridgehead atoms. The maximum Gasteiger partial charge on any atom is 0.253 e. The summed E-state index contributed by atoms with van der Waals surface area (Å²) in [6.07, 6.45) is 6.20. The number of carbonyl (C=O) groups excluding carboxylic acids is 1. The van der Waals surface area contributed by atoms with Crippen molar-refractivity contribution in [1.29, 1.82) is 0 Å². The van der Waals surface area contributed by atoms with Gasteiger partial charge in [-0.3, -0.25) is 4.79 Å². The number of hydrogen-bond donors (Lipinski definition) is 2. The van der Waals surface area contributed by atoms with E-state index in [1.807, 2.05) is 19.1 Å². The van der Waals surface area contributed by atoms with Crippen molar-refractivity contribution in [3.63, 3.8) is 0 Å². The summed E-state index contributed by atoms with van der Waals surface area (Å²) in [6.45, 7) is 3.98. The summed E-state index contributed by atoms with van der Waals surface area (Å²) in [6, 6.07) is 3.73. The maximum absolute atomic E-state index is 12.3. The first-order chi connectivity index (χ1) is 10.1. The van der Waals surface area contributed by atoms with Crippen molar-refractivity contribution < 1.29 is 9.90 Å². The van der Waals surface area contributed by atoms with Crippen LogP contribution >= 0.6 is 0 Å². The molecule has 0 radical (unpaired) electrons. The Labute approximate surface area is 125 Å². The Morgan fingerprint density at radius 1 is 1.43 bits per heavy atom. The number of rotatable bonds is 5. The van der Waals surface area contributed by atoms with E-state index in [4.69, 9.17) is 0 Å². The first-order valence-electron chi connectivity index (χ1n) is 7.77. The van der Waals surface area contributed by atoms with E-state index in [-0.39, 0.29) is 12.5 Å². The number of aliphatic hydroxyl groups is 1. The molecule has 1 saturated carbocycles. The van der Waals surface area contributed by atoms with Crippen LogP contribution in [0.3, 0.4) is 0 Å². The minimum absolute atomic E-state index is 0.0251. The lowest BCUT2D eigenvalue weighted by molar-refractivity contribution is 0.0824. The molecule has 1 atom stereocenters. The van der Waals surface area contributed by atoms with Crippen LogP contribution in [-0.4, -0.2) is 41.2 Å². The first-order valence-corrected chi connectivity index (χ1v) is 7.77. The van der Waals surface area contributed by atoms with Crippen molar-refractivity contribution in [3.8, 4) is 0 Å². The fourth-order valence-corrected chi connectivity index (χ4v) is 2.98. The van der Waals surface area contributed by atoms with Gasteiger partial charge in [0.15, 0.2) is 0 Å². The quantitative estimate of drug-likeness (QED) is 0.863. The molecule has 3 rings (SSSR count). The molecule has 2 aliphatic rings. The van der Waals surface area contributed by atoms with Crippen LogP contribution in [0, 0.1) is 5.92 Å². The molecule has 0 aromatic carbocycles. The maximum atomic E-state index is 12.3. The van der Waals surface area contributed by atoms with E-state index in [0.29, 0.717) is 11.5 Å². The van der Waals surface area contributed by atoms with Crippen molar-refractivity contribution in [3.05, 3.63) is 23.9 Å². The molecule has 1 amide bonds. The van der Waals surface area contributed by atoms with Crippen LogP contribution in [0.15, 0.2) is 18.3 Å². The van der Waals surface area contributed by atoms with Gasteiger partial charge < -0.3 is 15.3 Å². The molecule has 21 heavy (non-hydrogen) atoms. The van der Waals surface area contributed by atoms with Crippen LogP contribution in [0.2, 0.25) is 0 Å². The van der Waals surface area contributed by atoms with Gasteiger partial charge in [-0.15, -0.1) is 0 Å². The molecule has 0 spiro atoms. The summed E-state index contributed by atoms with van der Waals surface area (Å²) in [5.41, 5.74) is 0.0447. The first kappa shape index (κ1) is 14.3. The van der Waals surface area contributed by atoms with Crippen molar-refractivity contribution in [1.82, 2.24) is 10.3 Å². The Morgan fingerprint density at radius 3 is 2.67 bits per heavy atom. The molecule has 2 fully saturated rings. The average Bonchev–Trinajstić information content (AvgIpc) is 3.23. The lowest BCUT2D eigenvalue weighted by atomic mass is 9.96. The van der Waals surface area contributed by atoms with Gasteiger partial charge in [0.05, 0.1) is 17.7 Å². The normalized spacial score (nSPS) is 21.1. The predicted octanol–water partition coefficient (Wildman–Crippen LogP) is 1.57. The third kappa shape index (κ3) is 3.02. The molecule has 1 saturated heterocycles. The number of nitrogens with one attached hydrogen (secondary N) is 1. The molecular formula is C16H23N3O2. The summed E-state index contributed by atoms with van der Waals surface area (Å²) in [5.74, 6) is 1.18. The molecule has 5 nitrogen and oxygen atoms in total. The van der Waals surface area contributed by atoms with Gasteiger partial charge in [0.2, 0.25) is 0 Å². The van der Waals surface area contributed by atoms with Crippen LogP contribution in [0.25, 0.3) is 0 Å². The highest BCUT2D eigenvalue weighted by molar-refractivity contribution is 5.94. The minimum atomic E-state index is -0.509. The van der Waals surface area contributed by atoms with E-state index < -0.39 is 5.54 Å². The van der Waals surface area contributed by atoms with E-state index in [0.717, 1.165) is 31.7 Å². The monoisotopic (exact) mass is 289 g/mol. The van der Waals surface area contributed by atoms with Crippen LogP contribution in [0.5, 0.6) is 0 Å². The van der Waals surface area contributed by atoms with Crippen LogP contribution < -0.4 is 10.2 Å². The van der Waals surface area contributed by atoms with Gasteiger partial charge in [0.1, 0.15) is 5.82 Å². The summed E-state index contributed by atoms with van der Waals surface area (Å²) < 4.78 is 0. The topological polar surface area (TPSA) is 65.5 Å². The lowest BCUT2D eigenvalue weighted by Crippen LogP contribution is -2.50. The molecule has 2 N–H and O–H groups in total. The zero-order chi connectivity index (χ0) is 14.9. The largest absolute Gasteiger partial charge is 0.394 e. The number of nitrogens with zero attached hydrogens (tertiary/aromatic N) is 2. The average molecular weight is 289 g/mol. The van der Waals surface area contributed by atoms with Crippen molar-refractivity contribution >= 4 is 11.7 Å². The fourth-order valence-electron chi connectivity index (χ4n) is 2.98. The summed E-state index contributed by atoms with van der Waals surface area (Å²) in [4.78, 5) is 18.9. The van der Waals surface area contributed by atoms with E-state index in [1.165, 1.54) is 12.8 Å². The summed E-state index contributed by atoms with van der Waals surface area (Å²) in [5, 5.41) is 12.5. The van der Waals surface area contributed by atoms with Gasteiger partial charge in [-0.2, -0.15) is 0 Å². The van der Waals surface area contributed by atoms with Gasteiger partial charge in [-0.1, -0.05) is 0 Å². The van der Waals surface area contributed by atoms with Crippen molar-refractivity contribution in [2.75, 3.05) is 24.6 Å². The number of aliphatic hydroxyl groups excluding tert-OH is 1. The minimum Gasteiger partial charge on any atom is -0.394 e. The fraction of sp³-hybridized carbons (Fsp3) is 0.625. The molecular weight excluding hydrogens is 266 g/mol. The highest BCUT2D eigenvalue weighted by Gasteiger charge is 2.42. The Balaban J connectivity index is 1.67. The van der Waals surface area contributed by atoms with Crippen LogP contribution in [0.1, 0.15) is 43.0 Å². The highest BCUT2D eigenvalue weighted by Crippen LogP contribution is 2.39. The molecule has 1 aliphatic carbocycles. The van der Waals surface area contributed by atoms with E-state index in [2.05, 4.69) is 15.2 Å². The standard InChI is InChI=1S/C16H23N3O2/c1-16(11-20,13-5-6-13)18-15(21)12-4-7-14(17-10-12)19-8-2-3-9-19/h4,7,10,13,20H,2-3,5-6,8-9,11H2,1H3,(H,18,21). The zero-order valence-corrected chi connectivity index (χ0v) is 12.5. The lowest BCUT2D eigenvalue weighted by Gasteiger charge is -2.28. The van der Waals surface area contributed by atoms with Crippen molar-refractivity contribution in [2.45, 2.75) is 38.1 Å². The van der Waals surface area contributed by atoms with Gasteiger partial charge in [0, 0.05) is 19.3 Å². The Bertz CT molecular complexity index is 507. The van der Waals surface area contributed by atoms with Crippen LogP contribution in [0.4, 0.5) is 5.82 Å². The second-order valence-corrected chi connectivity index (χ2v) is 6.40. The van der Waals surface area contributed by atoms with E-state index in [9.17, 15) is 9.90 Å². The van der Waals surface area contributed by atoms with Crippen LogP contribution in [-0.2, 0) is 0 Å². The highest BCUT2D eigenvalue weighted by atomic mass is 16.3. The zero-order valence-electron chi connectivity index (χ0n) is 12.5. The Morgan fingerprint density at radius 2 is 2.14 bits per heavy atom. The molecule has 1 aromatic rings. The number of anilines is 1. The molecule has 1 unspecified atom stereocenters. The SMILES string of the molecule is CC(CO)(NC(=O)c1ccc(N2CCCC2)nc1)C1CC1. The smallest absolute Gasteiger partial charge is 0.253 e. The Kier molecular flexibility index (Phi) is 3.85. The van der Waals surface area contributed by atoms with Gasteiger partial charge in [0.25, 0.3) is 5.91 Å². The van der Waals surface area contributed by atoms with Crippen molar-refractivity contribution in [2.24, 2.45) is 5.92 Å². The van der Waals surface area contributed by atoms with E-state index >= 15 is 0 Å². The van der Waals surface area contributed by atoms with Gasteiger partial charge in [-0.25, -0.2) is 4.98 Å². The van der Waals surface area contributed by atoms with Gasteiger partial charge >= 0.3 is 0 Å². The summed E-state index contributed by atoms with van der Waals surface area (Å²) >= 11 is 0. The van der Waals surface area contributed by atoms with E-state index in [1.54, 1.807) is 6.20 Å². The van der Waals surface area contributed by atoms with Gasteiger partial charge in [-0.05, 0) is 50.7 Å². The number of amides is 1. The molecule has 1 aliphatic heterocycles. The number of aromatic nitrogens is 1.